The molecule has 0 aliphatic carbocycles. The Kier molecular flexibility index (Phi) is 5.00. The Morgan fingerprint density at radius 1 is 1.16 bits per heavy atom. The van der Waals surface area contributed by atoms with Gasteiger partial charge in [0, 0.05) is 16.1 Å². The van der Waals surface area contributed by atoms with Crippen LogP contribution >= 0.6 is 27.7 Å². The number of rotatable bonds is 4. The Labute approximate surface area is 155 Å². The van der Waals surface area contributed by atoms with Crippen LogP contribution in [-0.4, -0.2) is 21.0 Å². The first-order valence-electron chi connectivity index (χ1n) is 7.19. The van der Waals surface area contributed by atoms with Gasteiger partial charge in [-0.25, -0.2) is 0 Å². The summed E-state index contributed by atoms with van der Waals surface area (Å²) in [5.74, 6) is -0.451. The van der Waals surface area contributed by atoms with Gasteiger partial charge in [0.15, 0.2) is 0 Å². The highest BCUT2D eigenvalue weighted by atomic mass is 79.9. The molecule has 1 saturated heterocycles. The molecule has 1 heterocycles. The van der Waals surface area contributed by atoms with Crippen molar-refractivity contribution in [2.45, 2.75) is 6.54 Å². The summed E-state index contributed by atoms with van der Waals surface area (Å²) in [6.07, 6.45) is 1.63. The van der Waals surface area contributed by atoms with E-state index in [4.69, 9.17) is 0 Å². The summed E-state index contributed by atoms with van der Waals surface area (Å²) >= 11 is 4.18. The van der Waals surface area contributed by atoms with E-state index in [1.807, 2.05) is 24.3 Å². The molecule has 2 aromatic rings. The van der Waals surface area contributed by atoms with Gasteiger partial charge in [-0.1, -0.05) is 46.3 Å². The van der Waals surface area contributed by atoms with Crippen LogP contribution in [0.1, 0.15) is 11.1 Å². The molecule has 0 atom stereocenters. The lowest BCUT2D eigenvalue weighted by Crippen LogP contribution is -2.27. The van der Waals surface area contributed by atoms with Crippen LogP contribution in [0.2, 0.25) is 0 Å². The molecule has 0 bridgehead atoms. The van der Waals surface area contributed by atoms with Crippen LogP contribution in [0.4, 0.5) is 10.5 Å². The second-order valence-electron chi connectivity index (χ2n) is 5.21. The molecule has 8 heteroatoms. The third kappa shape index (κ3) is 3.80. The molecular formula is C17H11BrN2O4S. The van der Waals surface area contributed by atoms with Gasteiger partial charge in [-0.05, 0) is 35.5 Å². The van der Waals surface area contributed by atoms with Crippen molar-refractivity contribution in [1.82, 2.24) is 4.90 Å². The van der Waals surface area contributed by atoms with Gasteiger partial charge in [-0.2, -0.15) is 0 Å². The minimum absolute atomic E-state index is 0.113. The van der Waals surface area contributed by atoms with E-state index in [0.717, 1.165) is 26.7 Å². The average Bonchev–Trinajstić information content (AvgIpc) is 2.83. The zero-order valence-electron chi connectivity index (χ0n) is 12.7. The van der Waals surface area contributed by atoms with Crippen molar-refractivity contribution in [2.75, 3.05) is 0 Å². The van der Waals surface area contributed by atoms with Crippen LogP contribution in [0.15, 0.2) is 57.9 Å². The summed E-state index contributed by atoms with van der Waals surface area (Å²) in [7, 11) is 0. The van der Waals surface area contributed by atoms with E-state index in [1.165, 1.54) is 6.07 Å². The van der Waals surface area contributed by atoms with Crippen molar-refractivity contribution < 1.29 is 14.5 Å². The number of hydrogen-bond acceptors (Lipinski definition) is 5. The second-order valence-corrected chi connectivity index (χ2v) is 7.12. The number of nitrogens with zero attached hydrogens (tertiary/aromatic N) is 2. The van der Waals surface area contributed by atoms with Crippen molar-refractivity contribution in [2.24, 2.45) is 0 Å². The quantitative estimate of drug-likeness (QED) is 0.411. The predicted molar refractivity (Wildman–Crippen MR) is 98.8 cm³/mol. The number of hydrogen-bond donors (Lipinski definition) is 0. The first-order valence-corrected chi connectivity index (χ1v) is 8.80. The highest BCUT2D eigenvalue weighted by Crippen LogP contribution is 2.34. The molecule has 1 fully saturated rings. The van der Waals surface area contributed by atoms with Crippen LogP contribution in [0.25, 0.3) is 6.08 Å². The highest BCUT2D eigenvalue weighted by molar-refractivity contribution is 9.10. The van der Waals surface area contributed by atoms with Gasteiger partial charge >= 0.3 is 0 Å². The number of para-hydroxylation sites is 1. The largest absolute Gasteiger partial charge is 0.293 e. The van der Waals surface area contributed by atoms with Crippen molar-refractivity contribution in [3.63, 3.8) is 0 Å². The lowest BCUT2D eigenvalue weighted by Gasteiger charge is -2.12. The first kappa shape index (κ1) is 17.4. The Hall–Kier alpha value is -2.45. The van der Waals surface area contributed by atoms with E-state index < -0.39 is 16.1 Å². The molecular weight excluding hydrogens is 408 g/mol. The van der Waals surface area contributed by atoms with Gasteiger partial charge in [-0.15, -0.1) is 0 Å². The van der Waals surface area contributed by atoms with Crippen molar-refractivity contribution in [1.29, 1.82) is 0 Å². The first-order chi connectivity index (χ1) is 12.0. The van der Waals surface area contributed by atoms with Crippen LogP contribution in [0.5, 0.6) is 0 Å². The molecule has 3 rings (SSSR count). The number of amides is 2. The summed E-state index contributed by atoms with van der Waals surface area (Å²) in [4.78, 5) is 36.6. The number of benzene rings is 2. The molecule has 0 aromatic heterocycles. The minimum Gasteiger partial charge on any atom is -0.268 e. The maximum atomic E-state index is 12.5. The van der Waals surface area contributed by atoms with Gasteiger partial charge in [0.1, 0.15) is 0 Å². The van der Waals surface area contributed by atoms with Crippen molar-refractivity contribution in [3.8, 4) is 0 Å². The fraction of sp³-hybridized carbons (Fsp3) is 0.0588. The topological polar surface area (TPSA) is 80.5 Å². The lowest BCUT2D eigenvalue weighted by atomic mass is 10.1. The number of carbonyl (C=O) groups excluding carboxylic acids is 2. The molecule has 0 unspecified atom stereocenters. The molecule has 0 radical (unpaired) electrons. The number of imide groups is 1. The molecule has 2 aromatic carbocycles. The standard InChI is InChI=1S/C17H11BrN2O4S/c18-13-6-3-4-11(8-13)9-15-16(21)19(17(22)25-15)10-12-5-1-2-7-14(12)20(23)24/h1-9H,10H2/b15-9+. The lowest BCUT2D eigenvalue weighted by molar-refractivity contribution is -0.385. The number of nitro groups is 1. The number of nitro benzene ring substituents is 1. The third-order valence-corrected chi connectivity index (χ3v) is 4.94. The number of carbonyl (C=O) groups is 2. The molecule has 0 saturated carbocycles. The van der Waals surface area contributed by atoms with Crippen LogP contribution in [0, 0.1) is 10.1 Å². The fourth-order valence-corrected chi connectivity index (χ4v) is 3.63. The number of halogens is 1. The Morgan fingerprint density at radius 2 is 1.92 bits per heavy atom. The van der Waals surface area contributed by atoms with E-state index in [9.17, 15) is 19.7 Å². The van der Waals surface area contributed by atoms with E-state index >= 15 is 0 Å². The monoisotopic (exact) mass is 418 g/mol. The molecule has 0 N–H and O–H groups in total. The van der Waals surface area contributed by atoms with Crippen LogP contribution < -0.4 is 0 Å². The van der Waals surface area contributed by atoms with E-state index in [2.05, 4.69) is 15.9 Å². The normalized spacial score (nSPS) is 15.9. The van der Waals surface area contributed by atoms with E-state index in [0.29, 0.717) is 10.5 Å². The summed E-state index contributed by atoms with van der Waals surface area (Å²) in [6.45, 7) is -0.127. The molecule has 25 heavy (non-hydrogen) atoms. The molecule has 6 nitrogen and oxygen atoms in total. The van der Waals surface area contributed by atoms with Gasteiger partial charge < -0.3 is 0 Å². The summed E-state index contributed by atoms with van der Waals surface area (Å²) in [5, 5.41) is 10.7. The maximum Gasteiger partial charge on any atom is 0.293 e. The molecule has 1 aliphatic rings. The molecule has 0 spiro atoms. The average molecular weight is 419 g/mol. The van der Waals surface area contributed by atoms with E-state index in [1.54, 1.807) is 24.3 Å². The number of thioether (sulfide) groups is 1. The predicted octanol–water partition coefficient (Wildman–Crippen LogP) is 4.59. The second kappa shape index (κ2) is 7.20. The highest BCUT2D eigenvalue weighted by Gasteiger charge is 2.36. The van der Waals surface area contributed by atoms with Gasteiger partial charge in [0.25, 0.3) is 16.8 Å². The van der Waals surface area contributed by atoms with Crippen molar-refractivity contribution in [3.05, 3.63) is 79.2 Å². The van der Waals surface area contributed by atoms with Gasteiger partial charge in [-0.3, -0.25) is 24.6 Å². The smallest absolute Gasteiger partial charge is 0.268 e. The Morgan fingerprint density at radius 3 is 2.64 bits per heavy atom. The Bertz CT molecular complexity index is 913. The third-order valence-electron chi connectivity index (χ3n) is 3.54. The summed E-state index contributed by atoms with van der Waals surface area (Å²) in [5.41, 5.74) is 0.988. The minimum atomic E-state index is -0.522. The van der Waals surface area contributed by atoms with Crippen molar-refractivity contribution >= 4 is 50.6 Å². The SMILES string of the molecule is O=C1S/C(=C/c2cccc(Br)c2)C(=O)N1Cc1ccccc1[N+](=O)[O-]. The molecule has 126 valence electrons. The fourth-order valence-electron chi connectivity index (χ4n) is 2.38. The van der Waals surface area contributed by atoms with E-state index in [-0.39, 0.29) is 12.2 Å². The van der Waals surface area contributed by atoms with Crippen LogP contribution in [0.3, 0.4) is 0 Å². The Balaban J connectivity index is 1.86. The summed E-state index contributed by atoms with van der Waals surface area (Å²) in [6, 6.07) is 13.4. The molecule has 2 amide bonds. The van der Waals surface area contributed by atoms with Gasteiger partial charge in [0.05, 0.1) is 16.4 Å². The maximum absolute atomic E-state index is 12.5. The van der Waals surface area contributed by atoms with Gasteiger partial charge in [0.2, 0.25) is 0 Å². The molecule has 1 aliphatic heterocycles. The zero-order chi connectivity index (χ0) is 18.0. The zero-order valence-corrected chi connectivity index (χ0v) is 15.1. The summed E-state index contributed by atoms with van der Waals surface area (Å²) < 4.78 is 0.861. The van der Waals surface area contributed by atoms with Crippen LogP contribution in [-0.2, 0) is 11.3 Å².